The van der Waals surface area contributed by atoms with Gasteiger partial charge in [0.2, 0.25) is 0 Å². The average Bonchev–Trinajstić information content (AvgIpc) is 2.80. The van der Waals surface area contributed by atoms with Gasteiger partial charge < -0.3 is 14.9 Å². The summed E-state index contributed by atoms with van der Waals surface area (Å²) in [5, 5.41) is 17.3. The molecular formula is C8H10O3. The van der Waals surface area contributed by atoms with Crippen molar-refractivity contribution in [3.05, 3.63) is 24.3 Å². The largest absolute Gasteiger partial charge is 0.504 e. The molecular weight excluding hydrogens is 144 g/mol. The van der Waals surface area contributed by atoms with Crippen LogP contribution in [0.5, 0.6) is 11.5 Å². The lowest BCUT2D eigenvalue weighted by Crippen LogP contribution is -1.63. The van der Waals surface area contributed by atoms with E-state index in [-0.39, 0.29) is 11.5 Å². The fraction of sp³-hybridized carbons (Fsp3) is 0.250. The third-order valence-electron chi connectivity index (χ3n) is 1.09. The van der Waals surface area contributed by atoms with Crippen LogP contribution in [0.3, 0.4) is 0 Å². The molecule has 1 aromatic rings. The fourth-order valence-corrected chi connectivity index (χ4v) is 0.464. The van der Waals surface area contributed by atoms with Crippen LogP contribution in [-0.2, 0) is 4.74 Å². The minimum Gasteiger partial charge on any atom is -0.504 e. The van der Waals surface area contributed by atoms with Crippen LogP contribution in [-0.4, -0.2) is 23.4 Å². The van der Waals surface area contributed by atoms with Crippen molar-refractivity contribution in [1.29, 1.82) is 0 Å². The van der Waals surface area contributed by atoms with Gasteiger partial charge in [-0.2, -0.15) is 0 Å². The molecule has 3 heteroatoms. The van der Waals surface area contributed by atoms with Crippen LogP contribution in [0, 0.1) is 0 Å². The standard InChI is InChI=1S/C6H6O2.C2H4O/c7-5-3-1-2-4-6(5)8;1-2-3-1/h1-4,7-8H;1-2H2. The molecule has 1 aliphatic rings. The summed E-state index contributed by atoms with van der Waals surface area (Å²) < 4.78 is 4.50. The molecule has 2 N–H and O–H groups in total. The summed E-state index contributed by atoms with van der Waals surface area (Å²) in [7, 11) is 0. The number of epoxide rings is 1. The van der Waals surface area contributed by atoms with Gasteiger partial charge in [-0.3, -0.25) is 0 Å². The Morgan fingerprint density at radius 2 is 1.36 bits per heavy atom. The van der Waals surface area contributed by atoms with Crippen molar-refractivity contribution in [2.24, 2.45) is 0 Å². The van der Waals surface area contributed by atoms with Gasteiger partial charge in [-0.25, -0.2) is 0 Å². The van der Waals surface area contributed by atoms with Gasteiger partial charge >= 0.3 is 0 Å². The van der Waals surface area contributed by atoms with E-state index in [2.05, 4.69) is 4.74 Å². The molecule has 2 rings (SSSR count). The van der Waals surface area contributed by atoms with Gasteiger partial charge in [0.15, 0.2) is 11.5 Å². The molecule has 1 fully saturated rings. The monoisotopic (exact) mass is 154 g/mol. The van der Waals surface area contributed by atoms with E-state index < -0.39 is 0 Å². The molecule has 0 bridgehead atoms. The summed E-state index contributed by atoms with van der Waals surface area (Å²) in [6.45, 7) is 2.00. The molecule has 0 atom stereocenters. The quantitative estimate of drug-likeness (QED) is 0.435. The molecule has 11 heavy (non-hydrogen) atoms. The first-order valence-corrected chi connectivity index (χ1v) is 3.35. The van der Waals surface area contributed by atoms with Gasteiger partial charge in [0.05, 0.1) is 13.2 Å². The Kier molecular flexibility index (Phi) is 2.74. The molecule has 1 heterocycles. The van der Waals surface area contributed by atoms with Crippen LogP contribution < -0.4 is 0 Å². The fourth-order valence-electron chi connectivity index (χ4n) is 0.464. The Labute approximate surface area is 64.9 Å². The minimum absolute atomic E-state index is 0.0764. The molecule has 0 aliphatic carbocycles. The van der Waals surface area contributed by atoms with Crippen LogP contribution >= 0.6 is 0 Å². The minimum atomic E-state index is -0.0764. The van der Waals surface area contributed by atoms with Crippen LogP contribution in [0.25, 0.3) is 0 Å². The number of benzene rings is 1. The Hall–Kier alpha value is -1.22. The van der Waals surface area contributed by atoms with Crippen molar-refractivity contribution in [2.75, 3.05) is 13.2 Å². The maximum Gasteiger partial charge on any atom is 0.157 e. The Morgan fingerprint density at radius 3 is 1.55 bits per heavy atom. The second kappa shape index (κ2) is 3.83. The van der Waals surface area contributed by atoms with E-state index >= 15 is 0 Å². The van der Waals surface area contributed by atoms with Gasteiger partial charge in [-0.1, -0.05) is 12.1 Å². The molecule has 1 aromatic carbocycles. The second-order valence-corrected chi connectivity index (χ2v) is 2.10. The molecule has 3 nitrogen and oxygen atoms in total. The van der Waals surface area contributed by atoms with Crippen molar-refractivity contribution in [1.82, 2.24) is 0 Å². The Morgan fingerprint density at radius 1 is 1.00 bits per heavy atom. The summed E-state index contributed by atoms with van der Waals surface area (Å²) in [5.41, 5.74) is 0. The van der Waals surface area contributed by atoms with Crippen molar-refractivity contribution in [3.8, 4) is 11.5 Å². The summed E-state index contributed by atoms with van der Waals surface area (Å²) >= 11 is 0. The molecule has 1 saturated heterocycles. The number of phenolic OH excluding ortho intramolecular Hbond substituents is 2. The molecule has 1 aliphatic heterocycles. The lowest BCUT2D eigenvalue weighted by molar-refractivity contribution is 0.404. The van der Waals surface area contributed by atoms with Crippen molar-refractivity contribution >= 4 is 0 Å². The highest BCUT2D eigenvalue weighted by molar-refractivity contribution is 5.36. The first-order chi connectivity index (χ1) is 5.30. The smallest absolute Gasteiger partial charge is 0.157 e. The Bertz CT molecular complexity index is 197. The number of ether oxygens (including phenoxy) is 1. The lowest BCUT2D eigenvalue weighted by Gasteiger charge is -1.91. The van der Waals surface area contributed by atoms with E-state index in [9.17, 15) is 0 Å². The van der Waals surface area contributed by atoms with E-state index in [0.717, 1.165) is 13.2 Å². The highest BCUT2D eigenvalue weighted by atomic mass is 16.6. The topological polar surface area (TPSA) is 53.0 Å². The van der Waals surface area contributed by atoms with Crippen LogP contribution in [0.2, 0.25) is 0 Å². The SMILES string of the molecule is C1CO1.Oc1ccccc1O. The van der Waals surface area contributed by atoms with Crippen LogP contribution in [0.15, 0.2) is 24.3 Å². The maximum atomic E-state index is 8.67. The molecule has 0 aromatic heterocycles. The first kappa shape index (κ1) is 7.88. The molecule has 0 unspecified atom stereocenters. The van der Waals surface area contributed by atoms with Gasteiger partial charge in [0, 0.05) is 0 Å². The lowest BCUT2D eigenvalue weighted by atomic mass is 10.3. The van der Waals surface area contributed by atoms with Gasteiger partial charge in [-0.15, -0.1) is 0 Å². The highest BCUT2D eigenvalue weighted by Gasteiger charge is 1.94. The van der Waals surface area contributed by atoms with Crippen LogP contribution in [0.1, 0.15) is 0 Å². The summed E-state index contributed by atoms with van der Waals surface area (Å²) in [6.07, 6.45) is 0. The van der Waals surface area contributed by atoms with E-state index in [4.69, 9.17) is 10.2 Å². The maximum absolute atomic E-state index is 8.67. The predicted molar refractivity (Wildman–Crippen MR) is 40.6 cm³/mol. The van der Waals surface area contributed by atoms with E-state index in [1.165, 1.54) is 12.1 Å². The number of para-hydroxylation sites is 2. The van der Waals surface area contributed by atoms with Crippen molar-refractivity contribution in [3.63, 3.8) is 0 Å². The zero-order valence-corrected chi connectivity index (χ0v) is 6.03. The zero-order chi connectivity index (χ0) is 8.10. The van der Waals surface area contributed by atoms with E-state index in [1.54, 1.807) is 12.1 Å². The zero-order valence-electron chi connectivity index (χ0n) is 6.03. The molecule has 0 saturated carbocycles. The number of hydrogen-bond donors (Lipinski definition) is 2. The van der Waals surface area contributed by atoms with E-state index in [1.807, 2.05) is 0 Å². The summed E-state index contributed by atoms with van der Waals surface area (Å²) in [6, 6.07) is 6.15. The first-order valence-electron chi connectivity index (χ1n) is 3.35. The average molecular weight is 154 g/mol. The van der Waals surface area contributed by atoms with Crippen molar-refractivity contribution < 1.29 is 14.9 Å². The summed E-state index contributed by atoms with van der Waals surface area (Å²) in [5.74, 6) is -0.153. The third kappa shape index (κ3) is 3.47. The van der Waals surface area contributed by atoms with Crippen molar-refractivity contribution in [2.45, 2.75) is 0 Å². The molecule has 0 amide bonds. The number of rotatable bonds is 0. The third-order valence-corrected chi connectivity index (χ3v) is 1.09. The highest BCUT2D eigenvalue weighted by Crippen LogP contribution is 2.21. The van der Waals surface area contributed by atoms with E-state index in [0.29, 0.717) is 0 Å². The number of hydrogen-bond acceptors (Lipinski definition) is 3. The normalized spacial score (nSPS) is 13.1. The predicted octanol–water partition coefficient (Wildman–Crippen LogP) is 1.11. The molecule has 0 spiro atoms. The number of aromatic hydroxyl groups is 2. The molecule has 60 valence electrons. The second-order valence-electron chi connectivity index (χ2n) is 2.10. The number of phenols is 2. The Balaban J connectivity index is 0.000000167. The summed E-state index contributed by atoms with van der Waals surface area (Å²) in [4.78, 5) is 0. The molecule has 0 radical (unpaired) electrons. The van der Waals surface area contributed by atoms with Gasteiger partial charge in [0.25, 0.3) is 0 Å². The van der Waals surface area contributed by atoms with Gasteiger partial charge in [-0.05, 0) is 12.1 Å². The van der Waals surface area contributed by atoms with Crippen LogP contribution in [0.4, 0.5) is 0 Å². The van der Waals surface area contributed by atoms with Gasteiger partial charge in [0.1, 0.15) is 0 Å².